The summed E-state index contributed by atoms with van der Waals surface area (Å²) in [6, 6.07) is 10.7. The molecule has 2 aromatic carbocycles. The maximum Gasteiger partial charge on any atom is 0.343 e. The molecule has 0 aliphatic carbocycles. The summed E-state index contributed by atoms with van der Waals surface area (Å²) in [7, 11) is 1.25. The number of methoxy groups -OCH3 is 1. The molecule has 0 saturated carbocycles. The van der Waals surface area contributed by atoms with Gasteiger partial charge in [-0.3, -0.25) is 0 Å². The third-order valence-corrected chi connectivity index (χ3v) is 3.39. The zero-order chi connectivity index (χ0) is 15.4. The fourth-order valence-electron chi connectivity index (χ4n) is 1.62. The standard InChI is InChI=1S/C15H10Cl2O4/c1-20-15(19)10-4-2-3-5-13(10)21-14(18)9-6-7-11(16)12(17)8-9/h2-8H,1H3. The van der Waals surface area contributed by atoms with E-state index in [0.717, 1.165) is 0 Å². The number of benzene rings is 2. The average molecular weight is 325 g/mol. The van der Waals surface area contributed by atoms with Crippen molar-refractivity contribution in [3.8, 4) is 5.75 Å². The van der Waals surface area contributed by atoms with Crippen molar-refractivity contribution in [3.05, 3.63) is 63.6 Å². The largest absolute Gasteiger partial charge is 0.465 e. The lowest BCUT2D eigenvalue weighted by atomic mass is 10.2. The minimum absolute atomic E-state index is 0.112. The van der Waals surface area contributed by atoms with Crippen LogP contribution in [0.1, 0.15) is 20.7 Å². The Morgan fingerprint density at radius 3 is 2.33 bits per heavy atom. The van der Waals surface area contributed by atoms with Crippen LogP contribution in [0.25, 0.3) is 0 Å². The number of ether oxygens (including phenoxy) is 2. The molecule has 0 heterocycles. The Bertz CT molecular complexity index is 698. The first-order chi connectivity index (χ1) is 10.0. The predicted octanol–water partition coefficient (Wildman–Crippen LogP) is 4.00. The van der Waals surface area contributed by atoms with Crippen LogP contribution < -0.4 is 4.74 Å². The Labute approximate surface area is 131 Å². The van der Waals surface area contributed by atoms with Gasteiger partial charge in [-0.15, -0.1) is 0 Å². The number of hydrogen-bond acceptors (Lipinski definition) is 4. The van der Waals surface area contributed by atoms with Crippen LogP contribution in [0.5, 0.6) is 5.75 Å². The van der Waals surface area contributed by atoms with Crippen molar-refractivity contribution in [1.29, 1.82) is 0 Å². The monoisotopic (exact) mass is 324 g/mol. The normalized spacial score (nSPS) is 10.0. The van der Waals surface area contributed by atoms with Gasteiger partial charge in [0, 0.05) is 0 Å². The molecular weight excluding hydrogens is 315 g/mol. The molecule has 0 bridgehead atoms. The molecule has 0 fully saturated rings. The average Bonchev–Trinajstić information content (AvgIpc) is 2.49. The lowest BCUT2D eigenvalue weighted by Gasteiger charge is -2.09. The van der Waals surface area contributed by atoms with Crippen LogP contribution in [0.15, 0.2) is 42.5 Å². The minimum Gasteiger partial charge on any atom is -0.465 e. The second-order valence-electron chi connectivity index (χ2n) is 4.01. The quantitative estimate of drug-likeness (QED) is 0.632. The van der Waals surface area contributed by atoms with Crippen molar-refractivity contribution in [2.24, 2.45) is 0 Å². The van der Waals surface area contributed by atoms with Gasteiger partial charge in [-0.2, -0.15) is 0 Å². The number of rotatable bonds is 3. The molecular formula is C15H10Cl2O4. The Kier molecular flexibility index (Phi) is 4.83. The van der Waals surface area contributed by atoms with Crippen LogP contribution in [0.2, 0.25) is 10.0 Å². The van der Waals surface area contributed by atoms with E-state index in [4.69, 9.17) is 27.9 Å². The highest BCUT2D eigenvalue weighted by atomic mass is 35.5. The molecule has 0 N–H and O–H groups in total. The van der Waals surface area contributed by atoms with Crippen LogP contribution in [0, 0.1) is 0 Å². The number of carbonyl (C=O) groups excluding carboxylic acids is 2. The van der Waals surface area contributed by atoms with Gasteiger partial charge in [0.15, 0.2) is 0 Å². The number of carbonyl (C=O) groups is 2. The summed E-state index contributed by atoms with van der Waals surface area (Å²) in [6.45, 7) is 0. The smallest absolute Gasteiger partial charge is 0.343 e. The number of hydrogen-bond donors (Lipinski definition) is 0. The molecule has 6 heteroatoms. The van der Waals surface area contributed by atoms with Gasteiger partial charge in [0.25, 0.3) is 0 Å². The van der Waals surface area contributed by atoms with Crippen LogP contribution in [0.4, 0.5) is 0 Å². The lowest BCUT2D eigenvalue weighted by Crippen LogP contribution is -2.12. The number of halogens is 2. The van der Waals surface area contributed by atoms with Crippen molar-refractivity contribution in [2.75, 3.05) is 7.11 Å². The highest BCUT2D eigenvalue weighted by Crippen LogP contribution is 2.24. The van der Waals surface area contributed by atoms with Crippen molar-refractivity contribution < 1.29 is 19.1 Å². The molecule has 21 heavy (non-hydrogen) atoms. The van der Waals surface area contributed by atoms with Crippen LogP contribution in [0.3, 0.4) is 0 Å². The molecule has 108 valence electrons. The van der Waals surface area contributed by atoms with Crippen molar-refractivity contribution in [2.45, 2.75) is 0 Å². The minimum atomic E-state index is -0.648. The maximum absolute atomic E-state index is 12.1. The van der Waals surface area contributed by atoms with E-state index in [0.29, 0.717) is 5.02 Å². The van der Waals surface area contributed by atoms with Gasteiger partial charge in [0.05, 0.1) is 22.7 Å². The van der Waals surface area contributed by atoms with Crippen molar-refractivity contribution in [3.63, 3.8) is 0 Å². The van der Waals surface area contributed by atoms with E-state index in [1.165, 1.54) is 37.4 Å². The van der Waals surface area contributed by atoms with E-state index in [1.807, 2.05) is 0 Å². The van der Waals surface area contributed by atoms with Crippen LogP contribution >= 0.6 is 23.2 Å². The Morgan fingerprint density at radius 1 is 0.952 bits per heavy atom. The van der Waals surface area contributed by atoms with Gasteiger partial charge in [0.1, 0.15) is 11.3 Å². The molecule has 0 unspecified atom stereocenters. The highest BCUT2D eigenvalue weighted by Gasteiger charge is 2.17. The third-order valence-electron chi connectivity index (χ3n) is 2.65. The Morgan fingerprint density at radius 2 is 1.67 bits per heavy atom. The van der Waals surface area contributed by atoms with Gasteiger partial charge in [-0.1, -0.05) is 35.3 Å². The van der Waals surface area contributed by atoms with Gasteiger partial charge in [-0.25, -0.2) is 9.59 Å². The molecule has 4 nitrogen and oxygen atoms in total. The summed E-state index contributed by atoms with van der Waals surface area (Å²) in [5.74, 6) is -1.13. The molecule has 0 amide bonds. The summed E-state index contributed by atoms with van der Waals surface area (Å²) >= 11 is 11.6. The van der Waals surface area contributed by atoms with Gasteiger partial charge in [-0.05, 0) is 30.3 Å². The number of para-hydroxylation sites is 1. The Balaban J connectivity index is 2.27. The van der Waals surface area contributed by atoms with E-state index in [1.54, 1.807) is 12.1 Å². The molecule has 0 aliphatic heterocycles. The highest BCUT2D eigenvalue weighted by molar-refractivity contribution is 6.42. The zero-order valence-electron chi connectivity index (χ0n) is 10.9. The van der Waals surface area contributed by atoms with E-state index < -0.39 is 11.9 Å². The molecule has 2 rings (SSSR count). The zero-order valence-corrected chi connectivity index (χ0v) is 12.4. The summed E-state index contributed by atoms with van der Waals surface area (Å²) < 4.78 is 9.84. The van der Waals surface area contributed by atoms with Crippen LogP contribution in [-0.4, -0.2) is 19.0 Å². The second-order valence-corrected chi connectivity index (χ2v) is 4.82. The van der Waals surface area contributed by atoms with Crippen LogP contribution in [-0.2, 0) is 4.74 Å². The van der Waals surface area contributed by atoms with E-state index >= 15 is 0 Å². The first kappa shape index (κ1) is 15.4. The van der Waals surface area contributed by atoms with E-state index in [2.05, 4.69) is 4.74 Å². The molecule has 0 saturated heterocycles. The molecule has 0 aromatic heterocycles. The summed E-state index contributed by atoms with van der Waals surface area (Å²) in [5.41, 5.74) is 0.387. The number of esters is 2. The molecule has 0 radical (unpaired) electrons. The van der Waals surface area contributed by atoms with Gasteiger partial charge >= 0.3 is 11.9 Å². The fourth-order valence-corrected chi connectivity index (χ4v) is 1.91. The third kappa shape index (κ3) is 3.54. The predicted molar refractivity (Wildman–Crippen MR) is 79.2 cm³/mol. The molecule has 0 aliphatic rings. The fraction of sp³-hybridized carbons (Fsp3) is 0.0667. The maximum atomic E-state index is 12.1. The van der Waals surface area contributed by atoms with Crippen molar-refractivity contribution in [1.82, 2.24) is 0 Å². The SMILES string of the molecule is COC(=O)c1ccccc1OC(=O)c1ccc(Cl)c(Cl)c1. The topological polar surface area (TPSA) is 52.6 Å². The summed E-state index contributed by atoms with van der Waals surface area (Å²) in [5, 5.41) is 0.579. The molecule has 2 aromatic rings. The van der Waals surface area contributed by atoms with Crippen molar-refractivity contribution >= 4 is 35.1 Å². The summed E-state index contributed by atoms with van der Waals surface area (Å²) in [4.78, 5) is 23.7. The lowest BCUT2D eigenvalue weighted by molar-refractivity contribution is 0.0593. The van der Waals surface area contributed by atoms with E-state index in [9.17, 15) is 9.59 Å². The second kappa shape index (κ2) is 6.61. The molecule has 0 spiro atoms. The van der Waals surface area contributed by atoms with Gasteiger partial charge in [0.2, 0.25) is 0 Å². The first-order valence-corrected chi connectivity index (χ1v) is 6.63. The summed E-state index contributed by atoms with van der Waals surface area (Å²) in [6.07, 6.45) is 0. The Hall–Kier alpha value is -2.04. The molecule has 0 atom stereocenters. The first-order valence-electron chi connectivity index (χ1n) is 5.87. The van der Waals surface area contributed by atoms with Gasteiger partial charge < -0.3 is 9.47 Å². The van der Waals surface area contributed by atoms with E-state index in [-0.39, 0.29) is 21.9 Å².